The molecule has 0 nitrogen and oxygen atoms in total. The Morgan fingerprint density at radius 1 is 0.583 bits per heavy atom. The third kappa shape index (κ3) is 3.17. The van der Waals surface area contributed by atoms with Crippen LogP contribution in [0.2, 0.25) is 0 Å². The van der Waals surface area contributed by atoms with E-state index in [0.29, 0.717) is 5.92 Å². The van der Waals surface area contributed by atoms with Crippen molar-refractivity contribution < 1.29 is 0 Å². The van der Waals surface area contributed by atoms with Crippen LogP contribution in [0.5, 0.6) is 0 Å². The molecule has 3 aromatic rings. The predicted octanol–water partition coefficient (Wildman–Crippen LogP) is 5.46. The first-order chi connectivity index (χ1) is 11.9. The third-order valence-electron chi connectivity index (χ3n) is 5.11. The Bertz CT molecular complexity index is 712. The normalized spacial score (nSPS) is 20.4. The molecule has 1 saturated carbocycles. The smallest absolute Gasteiger partial charge is 0.00600 e. The number of benzene rings is 3. The Balaban J connectivity index is 1.76. The van der Waals surface area contributed by atoms with E-state index < -0.39 is 0 Å². The molecule has 24 heavy (non-hydrogen) atoms. The van der Waals surface area contributed by atoms with E-state index in [1.165, 1.54) is 35.4 Å². The van der Waals surface area contributed by atoms with Gasteiger partial charge in [0.1, 0.15) is 0 Å². The van der Waals surface area contributed by atoms with E-state index in [2.05, 4.69) is 91.0 Å². The number of rotatable bonds is 4. The van der Waals surface area contributed by atoms with Crippen molar-refractivity contribution >= 4 is 18.5 Å². The van der Waals surface area contributed by atoms with Gasteiger partial charge in [0.2, 0.25) is 0 Å². The van der Waals surface area contributed by atoms with Crippen LogP contribution in [0.15, 0.2) is 91.0 Å². The van der Waals surface area contributed by atoms with Gasteiger partial charge in [-0.2, -0.15) is 0 Å². The predicted molar refractivity (Wildman–Crippen MR) is 106 cm³/mol. The van der Waals surface area contributed by atoms with E-state index in [9.17, 15) is 0 Å². The van der Waals surface area contributed by atoms with Crippen LogP contribution in [0.1, 0.15) is 30.7 Å². The second-order valence-corrected chi connectivity index (χ2v) is 8.99. The zero-order valence-electron chi connectivity index (χ0n) is 13.9. The van der Waals surface area contributed by atoms with Crippen LogP contribution in [0, 0.1) is 0 Å². The molecule has 0 aromatic heterocycles. The molecule has 1 fully saturated rings. The minimum absolute atomic E-state index is 0.315. The molecule has 4 rings (SSSR count). The number of hydrogen-bond acceptors (Lipinski definition) is 0. The molecule has 1 aliphatic rings. The molecule has 1 heteroatoms. The highest BCUT2D eigenvalue weighted by Gasteiger charge is 2.35. The summed E-state index contributed by atoms with van der Waals surface area (Å²) < 4.78 is 0. The zero-order valence-corrected chi connectivity index (χ0v) is 14.8. The highest BCUT2D eigenvalue weighted by molar-refractivity contribution is 7.73. The van der Waals surface area contributed by atoms with Gasteiger partial charge >= 0.3 is 0 Å². The molecule has 0 saturated heterocycles. The van der Waals surface area contributed by atoms with Crippen LogP contribution >= 0.6 is 7.92 Å². The highest BCUT2D eigenvalue weighted by Crippen LogP contribution is 2.53. The van der Waals surface area contributed by atoms with Gasteiger partial charge in [-0.25, -0.2) is 0 Å². The molecule has 0 amide bonds. The molecule has 0 bridgehead atoms. The summed E-state index contributed by atoms with van der Waals surface area (Å²) in [6.07, 6.45) is 4.02. The molecule has 1 unspecified atom stereocenters. The molecule has 3 aromatic carbocycles. The van der Waals surface area contributed by atoms with Crippen molar-refractivity contribution in [3.8, 4) is 0 Å². The van der Waals surface area contributed by atoms with Crippen molar-refractivity contribution in [3.05, 3.63) is 96.6 Å². The van der Waals surface area contributed by atoms with Crippen LogP contribution in [-0.4, -0.2) is 5.66 Å². The van der Waals surface area contributed by atoms with Gasteiger partial charge < -0.3 is 0 Å². The second kappa shape index (κ2) is 7.32. The molecule has 0 radical (unpaired) electrons. The van der Waals surface area contributed by atoms with E-state index in [1.54, 1.807) is 0 Å². The van der Waals surface area contributed by atoms with Crippen LogP contribution in [0.25, 0.3) is 0 Å². The fraction of sp³-hybridized carbons (Fsp3) is 0.217. The summed E-state index contributed by atoms with van der Waals surface area (Å²) in [4.78, 5) is 0. The molecular formula is C23H23P. The lowest BCUT2D eigenvalue weighted by Crippen LogP contribution is -2.23. The van der Waals surface area contributed by atoms with Gasteiger partial charge in [0.25, 0.3) is 0 Å². The molecular weight excluding hydrogens is 307 g/mol. The van der Waals surface area contributed by atoms with Gasteiger partial charge in [0.15, 0.2) is 0 Å². The fourth-order valence-electron chi connectivity index (χ4n) is 4.05. The Morgan fingerprint density at radius 2 is 1.08 bits per heavy atom. The minimum Gasteiger partial charge on any atom is -0.0622 e. The summed E-state index contributed by atoms with van der Waals surface area (Å²) in [6.45, 7) is 0. The largest absolute Gasteiger partial charge is 0.0622 e. The molecule has 0 N–H and O–H groups in total. The van der Waals surface area contributed by atoms with E-state index in [1.807, 2.05) is 0 Å². The average Bonchev–Trinajstić information content (AvgIpc) is 3.14. The maximum atomic E-state index is 2.33. The maximum absolute atomic E-state index is 2.33. The van der Waals surface area contributed by atoms with Gasteiger partial charge in [-0.15, -0.1) is 0 Å². The van der Waals surface area contributed by atoms with E-state index >= 15 is 0 Å². The van der Waals surface area contributed by atoms with Crippen LogP contribution < -0.4 is 10.6 Å². The summed E-state index contributed by atoms with van der Waals surface area (Å²) in [5.74, 6) is 0.692. The Kier molecular flexibility index (Phi) is 4.76. The molecule has 2 atom stereocenters. The standard InChI is InChI=1S/C23H23P/c1-4-11-19(12-5-1)22-17-10-18-23(22)24(20-13-6-2-7-14-20)21-15-8-3-9-16-21/h1-9,11-16,22-23H,10,17-18H2/t22?,23-/m0/s1. The third-order valence-corrected chi connectivity index (χ3v) is 8.10. The highest BCUT2D eigenvalue weighted by atomic mass is 31.1. The minimum atomic E-state index is -0.315. The quantitative estimate of drug-likeness (QED) is 0.558. The lowest BCUT2D eigenvalue weighted by molar-refractivity contribution is 0.732. The first-order valence-electron chi connectivity index (χ1n) is 8.88. The van der Waals surface area contributed by atoms with E-state index in [-0.39, 0.29) is 7.92 Å². The summed E-state index contributed by atoms with van der Waals surface area (Å²) in [5.41, 5.74) is 2.27. The molecule has 120 valence electrons. The van der Waals surface area contributed by atoms with Crippen molar-refractivity contribution in [2.45, 2.75) is 30.8 Å². The van der Waals surface area contributed by atoms with Gasteiger partial charge in [0.05, 0.1) is 0 Å². The summed E-state index contributed by atoms with van der Waals surface area (Å²) in [6, 6.07) is 33.5. The van der Waals surface area contributed by atoms with Gasteiger partial charge in [-0.3, -0.25) is 0 Å². The van der Waals surface area contributed by atoms with Crippen molar-refractivity contribution in [3.63, 3.8) is 0 Å². The van der Waals surface area contributed by atoms with Crippen LogP contribution in [0.3, 0.4) is 0 Å². The maximum Gasteiger partial charge on any atom is -0.00600 e. The topological polar surface area (TPSA) is 0 Å². The van der Waals surface area contributed by atoms with E-state index in [0.717, 1.165) is 5.66 Å². The van der Waals surface area contributed by atoms with Gasteiger partial charge in [-0.1, -0.05) is 97.4 Å². The van der Waals surface area contributed by atoms with Crippen molar-refractivity contribution in [2.24, 2.45) is 0 Å². The SMILES string of the molecule is c1ccc(C2CCC[C@@H]2P(c2ccccc2)c2ccccc2)cc1. The lowest BCUT2D eigenvalue weighted by Gasteiger charge is -2.30. The Morgan fingerprint density at radius 3 is 1.62 bits per heavy atom. The van der Waals surface area contributed by atoms with Crippen molar-refractivity contribution in [2.75, 3.05) is 0 Å². The van der Waals surface area contributed by atoms with E-state index in [4.69, 9.17) is 0 Å². The lowest BCUT2D eigenvalue weighted by atomic mass is 9.98. The summed E-state index contributed by atoms with van der Waals surface area (Å²) in [5, 5.41) is 3.04. The van der Waals surface area contributed by atoms with Crippen LogP contribution in [0.4, 0.5) is 0 Å². The number of hydrogen-bond donors (Lipinski definition) is 0. The Hall–Kier alpha value is -1.91. The second-order valence-electron chi connectivity index (χ2n) is 6.56. The van der Waals surface area contributed by atoms with Crippen LogP contribution in [-0.2, 0) is 0 Å². The fourth-order valence-corrected chi connectivity index (χ4v) is 7.22. The molecule has 1 aliphatic carbocycles. The molecule has 0 aliphatic heterocycles. The first kappa shape index (κ1) is 15.6. The van der Waals surface area contributed by atoms with Gasteiger partial charge in [0, 0.05) is 0 Å². The monoisotopic (exact) mass is 330 g/mol. The average molecular weight is 330 g/mol. The molecule has 0 spiro atoms. The summed E-state index contributed by atoms with van der Waals surface area (Å²) >= 11 is 0. The van der Waals surface area contributed by atoms with Gasteiger partial charge in [-0.05, 0) is 48.5 Å². The van der Waals surface area contributed by atoms with Crippen molar-refractivity contribution in [1.29, 1.82) is 0 Å². The zero-order chi connectivity index (χ0) is 16.2. The molecule has 0 heterocycles. The Labute approximate surface area is 146 Å². The van der Waals surface area contributed by atoms with Crippen molar-refractivity contribution in [1.82, 2.24) is 0 Å². The first-order valence-corrected chi connectivity index (χ1v) is 10.3. The summed E-state index contributed by atoms with van der Waals surface area (Å²) in [7, 11) is -0.315.